The minimum absolute atomic E-state index is 0.115. The van der Waals surface area contributed by atoms with Gasteiger partial charge in [0.25, 0.3) is 0 Å². The summed E-state index contributed by atoms with van der Waals surface area (Å²) in [6.45, 7) is 13.4. The zero-order valence-electron chi connectivity index (χ0n) is 17.2. The minimum atomic E-state index is -0.840. The number of hydrogen-bond donors (Lipinski definition) is 1. The second-order valence-corrected chi connectivity index (χ2v) is 11.7. The monoisotopic (exact) mass is 422 g/mol. The average Bonchev–Trinajstić information content (AvgIpc) is 2.86. The Labute approximate surface area is 174 Å². The van der Waals surface area contributed by atoms with Crippen LogP contribution >= 0.6 is 23.4 Å². The number of allylic oxidation sites excluding steroid dienone is 1. The fraction of sp³-hybridized carbons (Fsp3) is 0.550. The van der Waals surface area contributed by atoms with Gasteiger partial charge >= 0.3 is 0 Å². The molecule has 147 valence electrons. The van der Waals surface area contributed by atoms with Crippen LogP contribution in [0.25, 0.3) is 0 Å². The van der Waals surface area contributed by atoms with Gasteiger partial charge in [0.1, 0.15) is 5.66 Å². The predicted octanol–water partition coefficient (Wildman–Crippen LogP) is 5.31. The van der Waals surface area contributed by atoms with Gasteiger partial charge in [-0.2, -0.15) is 5.26 Å². The third kappa shape index (κ3) is 4.65. The van der Waals surface area contributed by atoms with Crippen LogP contribution in [0.1, 0.15) is 27.7 Å². The van der Waals surface area contributed by atoms with Crippen LogP contribution in [0.5, 0.6) is 0 Å². The molecule has 0 fully saturated rings. The summed E-state index contributed by atoms with van der Waals surface area (Å²) in [4.78, 5) is 3.31. The molecule has 0 bridgehead atoms. The molecule has 4 nitrogen and oxygen atoms in total. The summed E-state index contributed by atoms with van der Waals surface area (Å²) in [5, 5.41) is 15.1. The van der Waals surface area contributed by atoms with Gasteiger partial charge in [-0.15, -0.1) is 0 Å². The van der Waals surface area contributed by atoms with E-state index in [1.807, 2.05) is 31.2 Å². The molecule has 2 rings (SSSR count). The molecule has 0 spiro atoms. The van der Waals surface area contributed by atoms with E-state index < -0.39 is 14.7 Å². The van der Waals surface area contributed by atoms with Gasteiger partial charge in [0.05, 0.1) is 29.3 Å². The van der Waals surface area contributed by atoms with E-state index in [2.05, 4.69) is 57.2 Å². The van der Waals surface area contributed by atoms with Crippen molar-refractivity contribution in [3.63, 3.8) is 0 Å². The Balaban J connectivity index is 2.48. The zero-order chi connectivity index (χ0) is 20.4. The highest BCUT2D eigenvalue weighted by Gasteiger charge is 2.52. The van der Waals surface area contributed by atoms with Crippen LogP contribution in [0.4, 0.5) is 0 Å². The Kier molecular flexibility index (Phi) is 6.96. The molecular weight excluding hydrogens is 394 g/mol. The lowest BCUT2D eigenvalue weighted by atomic mass is 9.80. The lowest BCUT2D eigenvalue weighted by Crippen LogP contribution is -2.63. The van der Waals surface area contributed by atoms with Crippen molar-refractivity contribution in [1.82, 2.24) is 10.2 Å². The van der Waals surface area contributed by atoms with Crippen molar-refractivity contribution < 1.29 is 4.43 Å². The van der Waals surface area contributed by atoms with Crippen molar-refractivity contribution in [1.29, 1.82) is 5.26 Å². The lowest BCUT2D eigenvalue weighted by Gasteiger charge is -2.48. The van der Waals surface area contributed by atoms with Crippen LogP contribution in [0.15, 0.2) is 39.9 Å². The normalized spacial score (nSPS) is 21.4. The summed E-state index contributed by atoms with van der Waals surface area (Å²) in [5.74, 6) is -0.244. The molecular formula is C20H29ClN3OSSi. The van der Waals surface area contributed by atoms with Crippen LogP contribution in [0.2, 0.25) is 18.1 Å². The minimum Gasteiger partial charge on any atom is -0.413 e. The lowest BCUT2D eigenvalue weighted by molar-refractivity contribution is -0.00827. The van der Waals surface area contributed by atoms with Gasteiger partial charge < -0.3 is 14.6 Å². The molecule has 0 saturated carbocycles. The second kappa shape index (κ2) is 8.48. The summed E-state index contributed by atoms with van der Waals surface area (Å²) in [6.07, 6.45) is 0. The predicted molar refractivity (Wildman–Crippen MR) is 116 cm³/mol. The van der Waals surface area contributed by atoms with Crippen LogP contribution in [0.3, 0.4) is 0 Å². The fourth-order valence-electron chi connectivity index (χ4n) is 3.13. The van der Waals surface area contributed by atoms with E-state index in [-0.39, 0.29) is 11.3 Å². The molecule has 1 aromatic carbocycles. The van der Waals surface area contributed by atoms with Crippen LogP contribution in [-0.4, -0.2) is 33.3 Å². The van der Waals surface area contributed by atoms with E-state index in [0.717, 1.165) is 15.6 Å². The van der Waals surface area contributed by atoms with Crippen LogP contribution in [0, 0.1) is 22.7 Å². The van der Waals surface area contributed by atoms with Crippen LogP contribution < -0.4 is 5.32 Å². The Hall–Kier alpha value is -1.13. The maximum atomic E-state index is 9.60. The Bertz CT molecular complexity index is 756. The van der Waals surface area contributed by atoms with Crippen molar-refractivity contribution in [2.24, 2.45) is 11.3 Å². The van der Waals surface area contributed by atoms with Gasteiger partial charge in [-0.25, -0.2) is 0 Å². The van der Waals surface area contributed by atoms with Crippen molar-refractivity contribution in [2.45, 2.75) is 51.3 Å². The van der Waals surface area contributed by atoms with Gasteiger partial charge in [-0.1, -0.05) is 50.2 Å². The molecule has 0 aromatic heterocycles. The van der Waals surface area contributed by atoms with Gasteiger partial charge in [-0.05, 0) is 38.2 Å². The van der Waals surface area contributed by atoms with Gasteiger partial charge in [-0.3, -0.25) is 0 Å². The number of nitriles is 1. The molecule has 27 heavy (non-hydrogen) atoms. The number of benzene rings is 1. The molecule has 1 aromatic rings. The van der Waals surface area contributed by atoms with Gasteiger partial charge in [0, 0.05) is 22.4 Å². The molecule has 1 N–H and O–H groups in total. The fourth-order valence-corrected chi connectivity index (χ4v) is 5.07. The van der Waals surface area contributed by atoms with Crippen molar-refractivity contribution in [3.8, 4) is 6.07 Å². The quantitative estimate of drug-likeness (QED) is 0.629. The molecule has 2 unspecified atom stereocenters. The van der Waals surface area contributed by atoms with Crippen LogP contribution in [-0.2, 0) is 4.43 Å². The van der Waals surface area contributed by atoms with Crippen molar-refractivity contribution in [3.05, 3.63) is 40.0 Å². The largest absolute Gasteiger partial charge is 0.413 e. The number of thioether (sulfide) groups is 1. The summed E-state index contributed by atoms with van der Waals surface area (Å²) < 4.78 is 6.16. The van der Waals surface area contributed by atoms with E-state index in [9.17, 15) is 5.26 Å². The molecule has 1 aliphatic rings. The number of nitrogens with one attached hydrogen (secondary N) is 1. The van der Waals surface area contributed by atoms with Gasteiger partial charge in [0.15, 0.2) is 0 Å². The topological polar surface area (TPSA) is 48.3 Å². The number of nitrogens with zero attached hydrogens (tertiary/aromatic N) is 2. The summed E-state index contributed by atoms with van der Waals surface area (Å²) in [6, 6.07) is 10.2. The van der Waals surface area contributed by atoms with E-state index in [4.69, 9.17) is 16.0 Å². The van der Waals surface area contributed by atoms with E-state index in [1.54, 1.807) is 11.8 Å². The Morgan fingerprint density at radius 2 is 2.07 bits per heavy atom. The second-order valence-electron chi connectivity index (χ2n) is 8.12. The zero-order valence-corrected chi connectivity index (χ0v) is 19.8. The number of halogens is 1. The maximum Gasteiger partial charge on any atom is 0.205 e. The molecule has 7 heteroatoms. The highest BCUT2D eigenvalue weighted by Crippen LogP contribution is 2.47. The van der Waals surface area contributed by atoms with Crippen molar-refractivity contribution in [2.75, 3.05) is 13.7 Å². The Morgan fingerprint density at radius 3 is 2.59 bits per heavy atom. The summed E-state index contributed by atoms with van der Waals surface area (Å²) in [5.41, 5.74) is 0.413. The summed E-state index contributed by atoms with van der Waals surface area (Å²) >= 11 is 7.82. The third-order valence-electron chi connectivity index (χ3n) is 4.90. The third-order valence-corrected chi connectivity index (χ3v) is 7.03. The molecule has 1 heterocycles. The average molecular weight is 423 g/mol. The Morgan fingerprint density at radius 1 is 1.41 bits per heavy atom. The number of likely N-dealkylation sites (N-methyl/N-ethyl adjacent to an activating group) is 1. The molecule has 1 aliphatic heterocycles. The summed E-state index contributed by atoms with van der Waals surface area (Å²) in [7, 11) is 1.25. The van der Waals surface area contributed by atoms with E-state index in [0.29, 0.717) is 11.6 Å². The smallest absolute Gasteiger partial charge is 0.205 e. The van der Waals surface area contributed by atoms with Gasteiger partial charge in [0.2, 0.25) is 9.04 Å². The first-order valence-electron chi connectivity index (χ1n) is 9.04. The van der Waals surface area contributed by atoms with E-state index in [1.165, 1.54) is 0 Å². The standard InChI is InChI=1S/C20H29ClN3OSSi/c1-14(12-22)17-18(26-16-10-8-9-15(21)11-16)24(5)20(23-17,19(2,3)4)13-25-27(6)7/h8-11,14,23H,13H2,1-7H3. The molecule has 0 aliphatic carbocycles. The molecule has 0 amide bonds. The SMILES string of the molecule is CC(C#N)C1=C(Sc2cccc(Cl)c2)N(C)C(CO[Si](C)C)(C(C)(C)C)N1. The number of rotatable bonds is 6. The first-order valence-corrected chi connectivity index (χ1v) is 12.6. The maximum absolute atomic E-state index is 9.60. The first kappa shape index (κ1) is 22.2. The highest BCUT2D eigenvalue weighted by atomic mass is 35.5. The number of hydrogen-bond acceptors (Lipinski definition) is 5. The van der Waals surface area contributed by atoms with E-state index >= 15 is 0 Å². The highest BCUT2D eigenvalue weighted by molar-refractivity contribution is 8.03. The van der Waals surface area contributed by atoms with Crippen molar-refractivity contribution >= 4 is 32.4 Å². The molecule has 1 radical (unpaired) electrons. The first-order chi connectivity index (χ1) is 12.5. The molecule has 0 saturated heterocycles. The molecule has 2 atom stereocenters.